The van der Waals surface area contributed by atoms with Gasteiger partial charge in [0.2, 0.25) is 0 Å². The zero-order valence-electron chi connectivity index (χ0n) is 11.8. The van der Waals surface area contributed by atoms with Crippen LogP contribution in [0.15, 0.2) is 18.2 Å². The molecule has 1 rings (SSSR count). The van der Waals surface area contributed by atoms with Crippen molar-refractivity contribution in [3.8, 4) is 23.3 Å². The van der Waals surface area contributed by atoms with E-state index in [9.17, 15) is 0 Å². The molecule has 2 nitrogen and oxygen atoms in total. The van der Waals surface area contributed by atoms with Crippen molar-refractivity contribution in [2.24, 2.45) is 5.92 Å². The Morgan fingerprint density at radius 2 is 2.11 bits per heavy atom. The van der Waals surface area contributed by atoms with Gasteiger partial charge in [0.05, 0.1) is 25.2 Å². The summed E-state index contributed by atoms with van der Waals surface area (Å²) in [6.45, 7) is 5.13. The molecule has 0 atom stereocenters. The highest BCUT2D eigenvalue weighted by atomic mass is 35.5. The van der Waals surface area contributed by atoms with Crippen LogP contribution in [0.1, 0.15) is 32.3 Å². The number of halogens is 1. The summed E-state index contributed by atoms with van der Waals surface area (Å²) >= 11 is 5.59. The Morgan fingerprint density at radius 3 is 2.74 bits per heavy atom. The van der Waals surface area contributed by atoms with Crippen LogP contribution in [0, 0.1) is 17.8 Å². The number of hydrogen-bond acceptors (Lipinski definition) is 2. The third-order valence-electron chi connectivity index (χ3n) is 2.66. The van der Waals surface area contributed by atoms with E-state index >= 15 is 0 Å². The lowest BCUT2D eigenvalue weighted by molar-refractivity contribution is 0.296. The Morgan fingerprint density at radius 1 is 1.32 bits per heavy atom. The first kappa shape index (κ1) is 15.7. The van der Waals surface area contributed by atoms with Gasteiger partial charge in [0.1, 0.15) is 11.5 Å². The van der Waals surface area contributed by atoms with Gasteiger partial charge in [-0.1, -0.05) is 25.7 Å². The van der Waals surface area contributed by atoms with E-state index in [2.05, 4.69) is 25.7 Å². The van der Waals surface area contributed by atoms with Crippen LogP contribution in [0.2, 0.25) is 0 Å². The Bertz CT molecular complexity index is 444. The maximum Gasteiger partial charge on any atom is 0.135 e. The molecule has 104 valence electrons. The van der Waals surface area contributed by atoms with E-state index in [-0.39, 0.29) is 0 Å². The minimum atomic E-state index is 0.310. The predicted molar refractivity (Wildman–Crippen MR) is 80.2 cm³/mol. The monoisotopic (exact) mass is 280 g/mol. The maximum absolute atomic E-state index is 5.78. The van der Waals surface area contributed by atoms with Gasteiger partial charge in [0.25, 0.3) is 0 Å². The number of benzene rings is 1. The van der Waals surface area contributed by atoms with Gasteiger partial charge >= 0.3 is 0 Å². The molecule has 0 amide bonds. The summed E-state index contributed by atoms with van der Waals surface area (Å²) in [5.41, 5.74) is 0.824. The summed E-state index contributed by atoms with van der Waals surface area (Å²) in [6, 6.07) is 5.65. The number of hydrogen-bond donors (Lipinski definition) is 0. The summed E-state index contributed by atoms with van der Waals surface area (Å²) in [5, 5.41) is 0. The van der Waals surface area contributed by atoms with Gasteiger partial charge in [-0.15, -0.1) is 11.6 Å². The van der Waals surface area contributed by atoms with Crippen molar-refractivity contribution in [1.82, 2.24) is 0 Å². The van der Waals surface area contributed by atoms with Gasteiger partial charge in [0.15, 0.2) is 0 Å². The van der Waals surface area contributed by atoms with Gasteiger partial charge in [-0.05, 0) is 37.0 Å². The van der Waals surface area contributed by atoms with Crippen molar-refractivity contribution in [3.63, 3.8) is 0 Å². The fourth-order valence-electron chi connectivity index (χ4n) is 1.66. The minimum Gasteiger partial charge on any atom is -0.497 e. The Hall–Kier alpha value is -1.33. The molecule has 0 aliphatic carbocycles. The van der Waals surface area contributed by atoms with Crippen LogP contribution in [-0.2, 0) is 0 Å². The second-order valence-corrected chi connectivity index (χ2v) is 4.95. The summed E-state index contributed by atoms with van der Waals surface area (Å²) in [4.78, 5) is 0. The number of alkyl halides is 1. The molecule has 0 unspecified atom stereocenters. The zero-order chi connectivity index (χ0) is 14.1. The minimum absolute atomic E-state index is 0.310. The zero-order valence-corrected chi connectivity index (χ0v) is 12.6. The molecule has 1 aromatic carbocycles. The fourth-order valence-corrected chi connectivity index (χ4v) is 1.73. The second kappa shape index (κ2) is 8.72. The molecule has 19 heavy (non-hydrogen) atoms. The second-order valence-electron chi connectivity index (χ2n) is 4.68. The molecule has 0 aromatic heterocycles. The lowest BCUT2D eigenvalue weighted by atomic mass is 10.1. The van der Waals surface area contributed by atoms with Crippen LogP contribution >= 0.6 is 11.6 Å². The topological polar surface area (TPSA) is 18.5 Å². The number of rotatable bonds is 6. The van der Waals surface area contributed by atoms with E-state index in [1.165, 1.54) is 6.42 Å². The number of ether oxygens (including phenoxy) is 2. The third kappa shape index (κ3) is 5.89. The summed E-state index contributed by atoms with van der Waals surface area (Å²) in [7, 11) is 1.64. The molecule has 0 spiro atoms. The summed E-state index contributed by atoms with van der Waals surface area (Å²) in [6.07, 6.45) is 2.21. The molecule has 0 bridgehead atoms. The molecule has 0 heterocycles. The van der Waals surface area contributed by atoms with Crippen LogP contribution in [0.25, 0.3) is 0 Å². The van der Waals surface area contributed by atoms with E-state index in [0.29, 0.717) is 18.4 Å². The maximum atomic E-state index is 5.78. The van der Waals surface area contributed by atoms with E-state index in [1.54, 1.807) is 7.11 Å². The summed E-state index contributed by atoms with van der Waals surface area (Å²) < 4.78 is 11.0. The molecule has 3 heteroatoms. The van der Waals surface area contributed by atoms with Crippen LogP contribution in [0.4, 0.5) is 0 Å². The normalized spacial score (nSPS) is 9.95. The molecule has 0 fully saturated rings. The SMILES string of the molecule is COc1ccc(OCCCC(C)C)c(C#CCCl)c1. The van der Waals surface area contributed by atoms with E-state index in [4.69, 9.17) is 21.1 Å². The lowest BCUT2D eigenvalue weighted by Gasteiger charge is -2.10. The van der Waals surface area contributed by atoms with Gasteiger partial charge in [-0.2, -0.15) is 0 Å². The van der Waals surface area contributed by atoms with Crippen molar-refractivity contribution in [2.45, 2.75) is 26.7 Å². The molecule has 0 saturated carbocycles. The molecule has 0 radical (unpaired) electrons. The molecular formula is C16H21ClO2. The molecule has 0 aliphatic rings. The average molecular weight is 281 g/mol. The van der Waals surface area contributed by atoms with Gasteiger partial charge < -0.3 is 9.47 Å². The third-order valence-corrected chi connectivity index (χ3v) is 2.79. The highest BCUT2D eigenvalue weighted by molar-refractivity contribution is 6.19. The molecule has 0 aliphatic heterocycles. The van der Waals surface area contributed by atoms with Crippen molar-refractivity contribution >= 4 is 11.6 Å². The molecular weight excluding hydrogens is 260 g/mol. The highest BCUT2D eigenvalue weighted by Gasteiger charge is 2.04. The lowest BCUT2D eigenvalue weighted by Crippen LogP contribution is -2.01. The van der Waals surface area contributed by atoms with Crippen LogP contribution < -0.4 is 9.47 Å². The summed E-state index contributed by atoms with van der Waals surface area (Å²) in [5.74, 6) is 8.42. The van der Waals surface area contributed by atoms with Gasteiger partial charge in [-0.3, -0.25) is 0 Å². The Kier molecular flexibility index (Phi) is 7.22. The van der Waals surface area contributed by atoms with Crippen LogP contribution in [0.5, 0.6) is 11.5 Å². The first-order chi connectivity index (χ1) is 9.17. The van der Waals surface area contributed by atoms with E-state index in [1.807, 2.05) is 18.2 Å². The van der Waals surface area contributed by atoms with Crippen molar-refractivity contribution in [3.05, 3.63) is 23.8 Å². The Labute approximate surface area is 121 Å². The van der Waals surface area contributed by atoms with Crippen molar-refractivity contribution in [1.29, 1.82) is 0 Å². The first-order valence-corrected chi connectivity index (χ1v) is 7.06. The predicted octanol–water partition coefficient (Wildman–Crippen LogP) is 4.10. The molecule has 0 saturated heterocycles. The quantitative estimate of drug-likeness (QED) is 0.444. The Balaban J connectivity index is 2.70. The van der Waals surface area contributed by atoms with Crippen LogP contribution in [-0.4, -0.2) is 19.6 Å². The van der Waals surface area contributed by atoms with Crippen molar-refractivity contribution in [2.75, 3.05) is 19.6 Å². The smallest absolute Gasteiger partial charge is 0.135 e. The first-order valence-electron chi connectivity index (χ1n) is 6.53. The fraction of sp³-hybridized carbons (Fsp3) is 0.500. The highest BCUT2D eigenvalue weighted by Crippen LogP contribution is 2.23. The largest absolute Gasteiger partial charge is 0.497 e. The van der Waals surface area contributed by atoms with Gasteiger partial charge in [-0.25, -0.2) is 0 Å². The molecule has 1 aromatic rings. The average Bonchev–Trinajstić information content (AvgIpc) is 2.41. The number of methoxy groups -OCH3 is 1. The standard InChI is InChI=1S/C16H21ClO2/c1-13(2)6-5-11-19-16-9-8-15(18-3)12-14(16)7-4-10-17/h8-9,12-13H,5-6,10-11H2,1-3H3. The van der Waals surface area contributed by atoms with E-state index in [0.717, 1.165) is 23.5 Å². The van der Waals surface area contributed by atoms with Crippen LogP contribution in [0.3, 0.4) is 0 Å². The van der Waals surface area contributed by atoms with Crippen molar-refractivity contribution < 1.29 is 9.47 Å². The van der Waals surface area contributed by atoms with Gasteiger partial charge in [0, 0.05) is 0 Å². The molecule has 0 N–H and O–H groups in total. The van der Waals surface area contributed by atoms with E-state index < -0.39 is 0 Å².